The van der Waals surface area contributed by atoms with Gasteiger partial charge in [0, 0.05) is 39.3 Å². The number of carbonyl (C=O) groups is 1. The maximum Gasteiger partial charge on any atom is 0.336 e. The highest BCUT2D eigenvalue weighted by Crippen LogP contribution is 2.24. The Balaban J connectivity index is 1.58. The summed E-state index contributed by atoms with van der Waals surface area (Å²) < 4.78 is 0. The summed E-state index contributed by atoms with van der Waals surface area (Å²) >= 11 is 12.3. The number of hydrogen-bond donors (Lipinski definition) is 2. The van der Waals surface area contributed by atoms with E-state index >= 15 is 0 Å². The van der Waals surface area contributed by atoms with E-state index in [9.17, 15) is 4.79 Å². The molecule has 0 atom stereocenters. The summed E-state index contributed by atoms with van der Waals surface area (Å²) in [6.45, 7) is 2.70. The van der Waals surface area contributed by atoms with Gasteiger partial charge in [-0.3, -0.25) is 9.99 Å². The monoisotopic (exact) mass is 464 g/mol. The molecule has 0 saturated carbocycles. The predicted octanol–water partition coefficient (Wildman–Crippen LogP) is 6.59. The second-order valence-electron chi connectivity index (χ2n) is 7.46. The molecule has 0 fully saturated rings. The van der Waals surface area contributed by atoms with Crippen LogP contribution in [-0.2, 0) is 13.1 Å². The Hall–Kier alpha value is -3.12. The molecule has 1 aromatic heterocycles. The normalized spacial score (nSPS) is 10.8. The summed E-state index contributed by atoms with van der Waals surface area (Å²) in [5.41, 5.74) is 6.69. The number of nitrogens with zero attached hydrogens (tertiary/aromatic N) is 2. The van der Waals surface area contributed by atoms with Gasteiger partial charge >= 0.3 is 6.03 Å². The van der Waals surface area contributed by atoms with Crippen LogP contribution in [0.25, 0.3) is 10.8 Å². The van der Waals surface area contributed by atoms with Gasteiger partial charge in [0.2, 0.25) is 0 Å². The molecule has 5 nitrogen and oxygen atoms in total. The quantitative estimate of drug-likeness (QED) is 0.316. The van der Waals surface area contributed by atoms with E-state index in [-0.39, 0.29) is 6.03 Å². The Morgan fingerprint density at radius 3 is 2.38 bits per heavy atom. The molecule has 3 aromatic carbocycles. The summed E-state index contributed by atoms with van der Waals surface area (Å²) in [7, 11) is 0. The number of aromatic nitrogens is 1. The van der Waals surface area contributed by atoms with Gasteiger partial charge in [-0.2, -0.15) is 0 Å². The third-order valence-corrected chi connectivity index (χ3v) is 5.45. The zero-order chi connectivity index (χ0) is 22.5. The molecule has 2 N–H and O–H groups in total. The standard InChI is InChI=1S/C25H22Cl2N4O/c1-17-11-23-20(15-28-17)7-4-10-24(23)30-25(32)31(16-19-6-3-9-22(27)13-19)29-14-18-5-2-8-21(26)12-18/h2-13,15,29H,14,16H2,1H3,(H,30,32). The summed E-state index contributed by atoms with van der Waals surface area (Å²) in [5.74, 6) is 0. The second kappa shape index (κ2) is 10.0. The molecule has 0 spiro atoms. The molecule has 1 heterocycles. The minimum atomic E-state index is -0.283. The van der Waals surface area contributed by atoms with Crippen LogP contribution in [0.3, 0.4) is 0 Å². The molecule has 162 valence electrons. The first-order valence-corrected chi connectivity index (χ1v) is 10.9. The van der Waals surface area contributed by atoms with Crippen molar-refractivity contribution in [3.63, 3.8) is 0 Å². The number of hydrogen-bond acceptors (Lipinski definition) is 3. The topological polar surface area (TPSA) is 57.3 Å². The Labute approximate surface area is 197 Å². The average molecular weight is 465 g/mol. The first kappa shape index (κ1) is 22.1. The number of rotatable bonds is 6. The maximum absolute atomic E-state index is 13.3. The zero-order valence-electron chi connectivity index (χ0n) is 17.5. The van der Waals surface area contributed by atoms with E-state index in [1.165, 1.54) is 0 Å². The van der Waals surface area contributed by atoms with Crippen molar-refractivity contribution < 1.29 is 4.79 Å². The van der Waals surface area contributed by atoms with E-state index in [0.29, 0.717) is 23.1 Å². The third-order valence-electron chi connectivity index (χ3n) is 4.98. The number of anilines is 1. The molecule has 32 heavy (non-hydrogen) atoms. The Kier molecular flexibility index (Phi) is 6.90. The van der Waals surface area contributed by atoms with E-state index < -0.39 is 0 Å². The van der Waals surface area contributed by atoms with Crippen LogP contribution in [0.1, 0.15) is 16.8 Å². The summed E-state index contributed by atoms with van der Waals surface area (Å²) in [6, 6.07) is 22.4. The van der Waals surface area contributed by atoms with Crippen LogP contribution in [0, 0.1) is 6.92 Å². The lowest BCUT2D eigenvalue weighted by molar-refractivity contribution is 0.177. The lowest BCUT2D eigenvalue weighted by Gasteiger charge is -2.25. The summed E-state index contributed by atoms with van der Waals surface area (Å²) in [4.78, 5) is 17.6. The molecule has 0 saturated heterocycles. The highest BCUT2D eigenvalue weighted by atomic mass is 35.5. The van der Waals surface area contributed by atoms with E-state index in [2.05, 4.69) is 15.7 Å². The highest BCUT2D eigenvalue weighted by Gasteiger charge is 2.16. The number of pyridine rings is 1. The molecule has 0 radical (unpaired) electrons. The van der Waals surface area contributed by atoms with E-state index in [1.54, 1.807) is 17.3 Å². The number of carbonyl (C=O) groups excluding carboxylic acids is 1. The third kappa shape index (κ3) is 5.56. The second-order valence-corrected chi connectivity index (χ2v) is 8.34. The van der Waals surface area contributed by atoms with Gasteiger partial charge in [0.15, 0.2) is 0 Å². The molecule has 0 aliphatic carbocycles. The van der Waals surface area contributed by atoms with Crippen LogP contribution in [0.5, 0.6) is 0 Å². The minimum Gasteiger partial charge on any atom is -0.306 e. The number of benzene rings is 3. The van der Waals surface area contributed by atoms with Crippen LogP contribution >= 0.6 is 23.2 Å². The lowest BCUT2D eigenvalue weighted by atomic mass is 10.1. The molecule has 4 aromatic rings. The molecule has 0 aliphatic rings. The van der Waals surface area contributed by atoms with Gasteiger partial charge in [0.25, 0.3) is 0 Å². The van der Waals surface area contributed by atoms with Crippen molar-refractivity contribution in [2.45, 2.75) is 20.0 Å². The number of fused-ring (bicyclic) bond motifs is 1. The smallest absolute Gasteiger partial charge is 0.306 e. The fourth-order valence-electron chi connectivity index (χ4n) is 3.42. The van der Waals surface area contributed by atoms with E-state index in [0.717, 1.165) is 33.3 Å². The Bertz CT molecular complexity index is 1260. The molecule has 0 aliphatic heterocycles. The van der Waals surface area contributed by atoms with Gasteiger partial charge in [-0.15, -0.1) is 0 Å². The Morgan fingerprint density at radius 2 is 1.62 bits per heavy atom. The number of nitrogens with one attached hydrogen (secondary N) is 2. The van der Waals surface area contributed by atoms with Crippen LogP contribution in [-0.4, -0.2) is 16.0 Å². The first-order chi connectivity index (χ1) is 15.5. The molecular formula is C25H22Cl2N4O. The van der Waals surface area contributed by atoms with Gasteiger partial charge in [0.05, 0.1) is 12.2 Å². The fourth-order valence-corrected chi connectivity index (χ4v) is 3.84. The zero-order valence-corrected chi connectivity index (χ0v) is 19.0. The van der Waals surface area contributed by atoms with Crippen LogP contribution in [0.2, 0.25) is 10.0 Å². The fraction of sp³-hybridized carbons (Fsp3) is 0.120. The van der Waals surface area contributed by atoms with E-state index in [1.807, 2.05) is 73.7 Å². The van der Waals surface area contributed by atoms with Crippen LogP contribution < -0.4 is 10.7 Å². The van der Waals surface area contributed by atoms with Crippen molar-refractivity contribution in [2.75, 3.05) is 5.32 Å². The average Bonchev–Trinajstić information content (AvgIpc) is 2.77. The maximum atomic E-state index is 13.3. The number of amides is 2. The van der Waals surface area contributed by atoms with Crippen molar-refractivity contribution in [3.05, 3.63) is 106 Å². The van der Waals surface area contributed by atoms with Crippen LogP contribution in [0.15, 0.2) is 79.0 Å². The minimum absolute atomic E-state index is 0.283. The van der Waals surface area contributed by atoms with Crippen molar-refractivity contribution in [1.29, 1.82) is 0 Å². The number of aryl methyl sites for hydroxylation is 1. The van der Waals surface area contributed by atoms with Crippen molar-refractivity contribution >= 4 is 45.7 Å². The van der Waals surface area contributed by atoms with Crippen molar-refractivity contribution in [3.8, 4) is 0 Å². The molecular weight excluding hydrogens is 443 g/mol. The molecule has 0 bridgehead atoms. The molecule has 7 heteroatoms. The van der Waals surface area contributed by atoms with Gasteiger partial charge in [-0.05, 0) is 54.4 Å². The predicted molar refractivity (Wildman–Crippen MR) is 131 cm³/mol. The largest absolute Gasteiger partial charge is 0.336 e. The highest BCUT2D eigenvalue weighted by molar-refractivity contribution is 6.30. The summed E-state index contributed by atoms with van der Waals surface area (Å²) in [6.07, 6.45) is 1.81. The van der Waals surface area contributed by atoms with Gasteiger partial charge in [0.1, 0.15) is 0 Å². The Morgan fingerprint density at radius 1 is 0.938 bits per heavy atom. The molecule has 4 rings (SSSR count). The number of urea groups is 1. The van der Waals surface area contributed by atoms with Gasteiger partial charge < -0.3 is 5.32 Å². The van der Waals surface area contributed by atoms with Crippen molar-refractivity contribution in [2.24, 2.45) is 0 Å². The van der Waals surface area contributed by atoms with Crippen LogP contribution in [0.4, 0.5) is 10.5 Å². The summed E-state index contributed by atoms with van der Waals surface area (Å²) in [5, 5.41) is 7.74. The van der Waals surface area contributed by atoms with Gasteiger partial charge in [-0.1, -0.05) is 59.6 Å². The lowest BCUT2D eigenvalue weighted by Crippen LogP contribution is -2.44. The first-order valence-electron chi connectivity index (χ1n) is 10.1. The molecule has 2 amide bonds. The number of hydrazine groups is 1. The number of halogens is 2. The van der Waals surface area contributed by atoms with Crippen molar-refractivity contribution in [1.82, 2.24) is 15.4 Å². The van der Waals surface area contributed by atoms with Gasteiger partial charge in [-0.25, -0.2) is 10.2 Å². The van der Waals surface area contributed by atoms with E-state index in [4.69, 9.17) is 23.2 Å². The molecule has 0 unspecified atom stereocenters. The SMILES string of the molecule is Cc1cc2c(NC(=O)N(Cc3cccc(Cl)c3)NCc3cccc(Cl)c3)cccc2cn1.